The van der Waals surface area contributed by atoms with Crippen LogP contribution in [-0.2, 0) is 4.79 Å². The normalized spacial score (nSPS) is 26.3. The van der Waals surface area contributed by atoms with Crippen molar-refractivity contribution in [3.05, 3.63) is 10.5 Å². The highest BCUT2D eigenvalue weighted by Crippen LogP contribution is 2.39. The molecule has 0 saturated heterocycles. The van der Waals surface area contributed by atoms with Gasteiger partial charge >= 0.3 is 11.7 Å². The molecule has 0 radical (unpaired) electrons. The van der Waals surface area contributed by atoms with Crippen LogP contribution in [0.1, 0.15) is 39.2 Å². The Labute approximate surface area is 121 Å². The molecule has 112 valence electrons. The van der Waals surface area contributed by atoms with Gasteiger partial charge in [0, 0.05) is 11.3 Å². The van der Waals surface area contributed by atoms with Gasteiger partial charge < -0.3 is 10.4 Å². The van der Waals surface area contributed by atoms with Crippen molar-refractivity contribution in [2.24, 2.45) is 0 Å². The van der Waals surface area contributed by atoms with E-state index in [9.17, 15) is 14.7 Å². The Morgan fingerprint density at radius 3 is 2.85 bits per heavy atom. The van der Waals surface area contributed by atoms with Crippen LogP contribution in [0.15, 0.2) is 9.95 Å². The molecule has 7 nitrogen and oxygen atoms in total. The van der Waals surface area contributed by atoms with Gasteiger partial charge in [-0.2, -0.15) is 0 Å². The number of carbonyl (C=O) groups is 1. The Morgan fingerprint density at radius 1 is 1.65 bits per heavy atom. The van der Waals surface area contributed by atoms with E-state index in [1.807, 2.05) is 13.8 Å². The van der Waals surface area contributed by atoms with Crippen molar-refractivity contribution in [1.82, 2.24) is 20.1 Å². The topological polar surface area (TPSA) is 100 Å². The van der Waals surface area contributed by atoms with Crippen LogP contribution in [0.25, 0.3) is 0 Å². The third-order valence-corrected chi connectivity index (χ3v) is 5.05. The largest absolute Gasteiger partial charge is 0.480 e. The van der Waals surface area contributed by atoms with E-state index in [2.05, 4.69) is 15.5 Å². The molecular formula is C12H20N4O3S. The van der Waals surface area contributed by atoms with Gasteiger partial charge in [-0.05, 0) is 40.2 Å². The molecule has 8 heteroatoms. The van der Waals surface area contributed by atoms with E-state index in [-0.39, 0.29) is 17.0 Å². The first-order valence-electron chi connectivity index (χ1n) is 6.65. The van der Waals surface area contributed by atoms with Crippen LogP contribution in [0.3, 0.4) is 0 Å². The van der Waals surface area contributed by atoms with Crippen molar-refractivity contribution < 1.29 is 9.90 Å². The smallest absolute Gasteiger partial charge is 0.344 e. The molecule has 1 aliphatic carbocycles. The molecule has 2 unspecified atom stereocenters. The lowest BCUT2D eigenvalue weighted by Crippen LogP contribution is -2.48. The predicted octanol–water partition coefficient (Wildman–Crippen LogP) is 0.840. The summed E-state index contributed by atoms with van der Waals surface area (Å²) in [5.41, 5.74) is -1.07. The zero-order valence-corrected chi connectivity index (χ0v) is 12.7. The second-order valence-corrected chi connectivity index (χ2v) is 6.66. The van der Waals surface area contributed by atoms with Gasteiger partial charge in [-0.15, -0.1) is 5.10 Å². The van der Waals surface area contributed by atoms with Crippen LogP contribution in [-0.4, -0.2) is 43.7 Å². The molecule has 20 heavy (non-hydrogen) atoms. The number of hydrogen-bond acceptors (Lipinski definition) is 5. The van der Waals surface area contributed by atoms with E-state index in [0.717, 1.165) is 6.42 Å². The average Bonchev–Trinajstić information content (AvgIpc) is 2.95. The summed E-state index contributed by atoms with van der Waals surface area (Å²) in [5.74, 6) is -0.814. The van der Waals surface area contributed by atoms with Crippen molar-refractivity contribution >= 4 is 17.7 Å². The highest BCUT2D eigenvalue weighted by molar-refractivity contribution is 7.99. The van der Waals surface area contributed by atoms with E-state index >= 15 is 0 Å². The van der Waals surface area contributed by atoms with Crippen LogP contribution >= 0.6 is 11.8 Å². The number of carboxylic acids is 1. The van der Waals surface area contributed by atoms with Crippen molar-refractivity contribution in [3.8, 4) is 0 Å². The minimum atomic E-state index is -0.850. The number of hydrogen-bond donors (Lipinski definition) is 3. The molecule has 0 aliphatic heterocycles. The van der Waals surface area contributed by atoms with Crippen LogP contribution in [0.4, 0.5) is 0 Å². The van der Waals surface area contributed by atoms with E-state index < -0.39 is 11.5 Å². The van der Waals surface area contributed by atoms with Gasteiger partial charge in [-0.25, -0.2) is 9.89 Å². The molecule has 1 fully saturated rings. The second kappa shape index (κ2) is 5.61. The Morgan fingerprint density at radius 2 is 2.35 bits per heavy atom. The molecule has 1 aliphatic rings. The maximum atomic E-state index is 11.7. The zero-order chi connectivity index (χ0) is 14.9. The Hall–Kier alpha value is -1.28. The fourth-order valence-electron chi connectivity index (χ4n) is 2.61. The van der Waals surface area contributed by atoms with Gasteiger partial charge in [-0.3, -0.25) is 9.36 Å². The summed E-state index contributed by atoms with van der Waals surface area (Å²) >= 11 is 1.48. The number of carboxylic acid groups (broad SMARTS) is 1. The van der Waals surface area contributed by atoms with Gasteiger partial charge in [0.2, 0.25) is 0 Å². The number of aliphatic carboxylic acids is 1. The molecule has 1 saturated carbocycles. The lowest BCUT2D eigenvalue weighted by molar-refractivity contribution is -0.144. The summed E-state index contributed by atoms with van der Waals surface area (Å²) in [6.07, 6.45) is 1.91. The number of aromatic nitrogens is 3. The molecule has 0 aromatic carbocycles. The highest BCUT2D eigenvalue weighted by atomic mass is 32.2. The van der Waals surface area contributed by atoms with E-state index in [0.29, 0.717) is 18.0 Å². The van der Waals surface area contributed by atoms with Crippen molar-refractivity contribution in [1.29, 1.82) is 0 Å². The average molecular weight is 300 g/mol. The van der Waals surface area contributed by atoms with Crippen LogP contribution in [0, 0.1) is 0 Å². The highest BCUT2D eigenvalue weighted by Gasteiger charge is 2.45. The number of likely N-dealkylation sites (N-methyl/N-ethyl adjacent to an activating group) is 1. The van der Waals surface area contributed by atoms with Crippen molar-refractivity contribution in [3.63, 3.8) is 0 Å². The maximum Gasteiger partial charge on any atom is 0.344 e. The molecule has 2 rings (SSSR count). The standard InChI is InChI=1S/C12H20N4O3S/c1-7(2)16-10(19)14-15-11(16)20-8-4-5-12(6-8,13-3)9(17)18/h7-8,13H,4-6H2,1-3H3,(H,14,19)(H,17,18). The summed E-state index contributed by atoms with van der Waals surface area (Å²) in [4.78, 5) is 23.1. The third kappa shape index (κ3) is 2.62. The Kier molecular flexibility index (Phi) is 4.24. The van der Waals surface area contributed by atoms with Crippen LogP contribution in [0.5, 0.6) is 0 Å². The number of nitrogens with zero attached hydrogens (tertiary/aromatic N) is 2. The summed E-state index contributed by atoms with van der Waals surface area (Å²) in [7, 11) is 1.68. The zero-order valence-electron chi connectivity index (χ0n) is 11.8. The number of aromatic amines is 1. The van der Waals surface area contributed by atoms with E-state index in [1.165, 1.54) is 11.8 Å². The number of nitrogens with one attached hydrogen (secondary N) is 2. The Balaban J connectivity index is 2.14. The maximum absolute atomic E-state index is 11.7. The fourth-order valence-corrected chi connectivity index (χ4v) is 4.01. The molecule has 1 aromatic heterocycles. The molecule has 2 atom stereocenters. The minimum Gasteiger partial charge on any atom is -0.480 e. The molecule has 1 aromatic rings. The van der Waals surface area contributed by atoms with Crippen molar-refractivity contribution in [2.45, 2.75) is 55.1 Å². The van der Waals surface area contributed by atoms with Gasteiger partial charge in [-0.1, -0.05) is 11.8 Å². The molecule has 1 heterocycles. The number of H-pyrrole nitrogens is 1. The van der Waals surface area contributed by atoms with Gasteiger partial charge in [0.1, 0.15) is 5.54 Å². The van der Waals surface area contributed by atoms with E-state index in [4.69, 9.17) is 0 Å². The summed E-state index contributed by atoms with van der Waals surface area (Å²) in [6.45, 7) is 3.84. The molecular weight excluding hydrogens is 280 g/mol. The quantitative estimate of drug-likeness (QED) is 0.745. The number of rotatable bonds is 5. The summed E-state index contributed by atoms with van der Waals surface area (Å²) < 4.78 is 1.60. The first kappa shape index (κ1) is 15.1. The van der Waals surface area contributed by atoms with Crippen molar-refractivity contribution in [2.75, 3.05) is 7.05 Å². The monoisotopic (exact) mass is 300 g/mol. The van der Waals surface area contributed by atoms with Crippen LogP contribution in [0.2, 0.25) is 0 Å². The molecule has 3 N–H and O–H groups in total. The van der Waals surface area contributed by atoms with Gasteiger partial charge in [0.25, 0.3) is 0 Å². The number of thioether (sulfide) groups is 1. The summed E-state index contributed by atoms with van der Waals surface area (Å²) in [5, 5.41) is 19.5. The molecule has 0 bridgehead atoms. The SMILES string of the molecule is CNC1(C(=O)O)CCC(Sc2n[nH]c(=O)n2C(C)C)C1. The fraction of sp³-hybridized carbons (Fsp3) is 0.750. The lowest BCUT2D eigenvalue weighted by atomic mass is 9.99. The minimum absolute atomic E-state index is 0.0266. The summed E-state index contributed by atoms with van der Waals surface area (Å²) in [6, 6.07) is 0.0266. The predicted molar refractivity (Wildman–Crippen MR) is 76.2 cm³/mol. The van der Waals surface area contributed by atoms with E-state index in [1.54, 1.807) is 11.6 Å². The van der Waals surface area contributed by atoms with Gasteiger partial charge in [0.05, 0.1) is 0 Å². The molecule has 0 amide bonds. The lowest BCUT2D eigenvalue weighted by Gasteiger charge is -2.23. The third-order valence-electron chi connectivity index (χ3n) is 3.82. The first-order chi connectivity index (χ1) is 9.39. The van der Waals surface area contributed by atoms with Gasteiger partial charge in [0.15, 0.2) is 5.16 Å². The Bertz CT molecular complexity index is 553. The molecule has 0 spiro atoms. The van der Waals surface area contributed by atoms with Crippen LogP contribution < -0.4 is 11.0 Å². The first-order valence-corrected chi connectivity index (χ1v) is 7.53. The second-order valence-electron chi connectivity index (χ2n) is 5.40.